The number of likely N-dealkylation sites (N-methyl/N-ethyl adjacent to an activating group) is 1. The highest BCUT2D eigenvalue weighted by atomic mass is 32.2. The van der Waals surface area contributed by atoms with Crippen LogP contribution in [0.4, 0.5) is 0 Å². The van der Waals surface area contributed by atoms with Crippen LogP contribution >= 0.6 is 0 Å². The molecule has 0 bridgehead atoms. The normalized spacial score (nSPS) is 27.5. The lowest BCUT2D eigenvalue weighted by Crippen LogP contribution is -2.39. The minimum Gasteiger partial charge on any atom is -0.390 e. The van der Waals surface area contributed by atoms with Gasteiger partial charge in [0.2, 0.25) is 0 Å². The Morgan fingerprint density at radius 1 is 1.29 bits per heavy atom. The molecule has 1 aliphatic heterocycles. The van der Waals surface area contributed by atoms with E-state index in [9.17, 15) is 13.5 Å². The molecule has 1 aliphatic rings. The molecule has 0 unspecified atom stereocenters. The van der Waals surface area contributed by atoms with Gasteiger partial charge in [-0.15, -0.1) is 0 Å². The molecule has 94 valence electrons. The van der Waals surface area contributed by atoms with E-state index < -0.39 is 15.9 Å². The molecule has 1 aromatic carbocycles. The monoisotopic (exact) mass is 255 g/mol. The molecule has 0 aliphatic carbocycles. The molecule has 2 rings (SSSR count). The maximum Gasteiger partial charge on any atom is 0.154 e. The fraction of sp³-hybridized carbons (Fsp3) is 0.500. The Hall–Kier alpha value is -0.910. The van der Waals surface area contributed by atoms with Crippen LogP contribution in [0.3, 0.4) is 0 Å². The first kappa shape index (κ1) is 12.5. The van der Waals surface area contributed by atoms with Gasteiger partial charge in [0, 0.05) is 6.54 Å². The number of sulfone groups is 1. The Kier molecular flexibility index (Phi) is 3.51. The molecule has 0 saturated carbocycles. The molecule has 0 amide bonds. The topological polar surface area (TPSA) is 57.6 Å². The highest BCUT2D eigenvalue weighted by Crippen LogP contribution is 2.19. The number of aliphatic hydroxyl groups excluding tert-OH is 1. The zero-order chi connectivity index (χ0) is 12.5. The van der Waals surface area contributed by atoms with Crippen LogP contribution in [-0.4, -0.2) is 49.1 Å². The maximum atomic E-state index is 11.4. The lowest BCUT2D eigenvalue weighted by molar-refractivity contribution is 0.0958. The van der Waals surface area contributed by atoms with Gasteiger partial charge in [-0.05, 0) is 12.6 Å². The summed E-state index contributed by atoms with van der Waals surface area (Å²) in [5.74, 6) is -0.0612. The van der Waals surface area contributed by atoms with Crippen LogP contribution in [0.5, 0.6) is 0 Å². The van der Waals surface area contributed by atoms with E-state index in [1.165, 1.54) is 0 Å². The maximum absolute atomic E-state index is 11.4. The molecule has 1 heterocycles. The van der Waals surface area contributed by atoms with Crippen molar-refractivity contribution in [1.82, 2.24) is 4.90 Å². The van der Waals surface area contributed by atoms with Gasteiger partial charge < -0.3 is 5.11 Å². The number of hydrogen-bond acceptors (Lipinski definition) is 4. The Bertz CT molecular complexity index is 472. The molecule has 0 aromatic heterocycles. The molecule has 0 spiro atoms. The number of hydrogen-bond donors (Lipinski definition) is 1. The first-order chi connectivity index (χ1) is 7.98. The quantitative estimate of drug-likeness (QED) is 0.842. The van der Waals surface area contributed by atoms with Crippen molar-refractivity contribution >= 4 is 9.84 Å². The number of benzene rings is 1. The minimum absolute atomic E-state index is 0.0531. The first-order valence-corrected chi connectivity index (χ1v) is 7.43. The molecule has 1 fully saturated rings. The molecule has 4 nitrogen and oxygen atoms in total. The highest BCUT2D eigenvalue weighted by molar-refractivity contribution is 7.91. The fourth-order valence-corrected chi connectivity index (χ4v) is 4.10. The Balaban J connectivity index is 2.04. The summed E-state index contributed by atoms with van der Waals surface area (Å²) in [6, 6.07) is 9.53. The molecule has 1 saturated heterocycles. The summed E-state index contributed by atoms with van der Waals surface area (Å²) in [6.07, 6.45) is -0.770. The van der Waals surface area contributed by atoms with Crippen LogP contribution < -0.4 is 0 Å². The van der Waals surface area contributed by atoms with Gasteiger partial charge in [0.05, 0.1) is 23.7 Å². The molecule has 17 heavy (non-hydrogen) atoms. The third-order valence-corrected chi connectivity index (χ3v) is 4.83. The molecule has 1 N–H and O–H groups in total. The van der Waals surface area contributed by atoms with Gasteiger partial charge in [0.25, 0.3) is 0 Å². The van der Waals surface area contributed by atoms with Crippen LogP contribution in [0.25, 0.3) is 0 Å². The van der Waals surface area contributed by atoms with E-state index in [2.05, 4.69) is 0 Å². The molecule has 2 atom stereocenters. The Morgan fingerprint density at radius 2 is 1.94 bits per heavy atom. The fourth-order valence-electron chi connectivity index (χ4n) is 2.22. The van der Waals surface area contributed by atoms with Crippen LogP contribution in [0.1, 0.15) is 5.56 Å². The van der Waals surface area contributed by atoms with Crippen molar-refractivity contribution in [2.24, 2.45) is 0 Å². The summed E-state index contributed by atoms with van der Waals surface area (Å²) in [6.45, 7) is 0.651. The van der Waals surface area contributed by atoms with E-state index >= 15 is 0 Å². The van der Waals surface area contributed by atoms with Crippen LogP contribution in [0.15, 0.2) is 30.3 Å². The lowest BCUT2D eigenvalue weighted by atomic mass is 10.1. The van der Waals surface area contributed by atoms with Crippen molar-refractivity contribution in [2.45, 2.75) is 18.7 Å². The van der Waals surface area contributed by atoms with E-state index in [0.29, 0.717) is 6.54 Å². The summed E-state index contributed by atoms with van der Waals surface area (Å²) in [7, 11) is -1.22. The van der Waals surface area contributed by atoms with Gasteiger partial charge in [0.1, 0.15) is 0 Å². The van der Waals surface area contributed by atoms with Gasteiger partial charge in [-0.3, -0.25) is 4.90 Å². The van der Waals surface area contributed by atoms with Crippen molar-refractivity contribution in [2.75, 3.05) is 18.6 Å². The summed E-state index contributed by atoms with van der Waals surface area (Å²) >= 11 is 0. The summed E-state index contributed by atoms with van der Waals surface area (Å²) in [4.78, 5) is 1.91. The standard InChI is InChI=1S/C12H17NO3S/c1-13(7-10-5-3-2-4-6-10)11-8-17(15,16)9-12(11)14/h2-6,11-12,14H,7-9H2,1H3/t11-,12-/m0/s1. The van der Waals surface area contributed by atoms with Crippen molar-refractivity contribution in [3.05, 3.63) is 35.9 Å². The van der Waals surface area contributed by atoms with Crippen LogP contribution in [0.2, 0.25) is 0 Å². The zero-order valence-corrected chi connectivity index (χ0v) is 10.6. The number of nitrogens with zero attached hydrogens (tertiary/aromatic N) is 1. The second kappa shape index (κ2) is 4.76. The summed E-state index contributed by atoms with van der Waals surface area (Å²) in [5, 5.41) is 9.75. The van der Waals surface area contributed by atoms with E-state index in [1.54, 1.807) is 0 Å². The Morgan fingerprint density at radius 3 is 2.47 bits per heavy atom. The second-order valence-corrected chi connectivity index (χ2v) is 6.77. The smallest absolute Gasteiger partial charge is 0.154 e. The molecular formula is C12H17NO3S. The van der Waals surface area contributed by atoms with Crippen molar-refractivity contribution in [3.8, 4) is 0 Å². The molecular weight excluding hydrogens is 238 g/mol. The largest absolute Gasteiger partial charge is 0.390 e. The minimum atomic E-state index is -3.07. The van der Waals surface area contributed by atoms with Crippen molar-refractivity contribution in [3.63, 3.8) is 0 Å². The second-order valence-electron chi connectivity index (χ2n) is 4.61. The van der Waals surface area contributed by atoms with Crippen LogP contribution in [-0.2, 0) is 16.4 Å². The van der Waals surface area contributed by atoms with Gasteiger partial charge >= 0.3 is 0 Å². The predicted octanol–water partition coefficient (Wildman–Crippen LogP) is 0.276. The zero-order valence-electron chi connectivity index (χ0n) is 9.78. The van der Waals surface area contributed by atoms with Gasteiger partial charge in [-0.25, -0.2) is 8.42 Å². The lowest BCUT2D eigenvalue weighted by Gasteiger charge is -2.25. The van der Waals surface area contributed by atoms with Gasteiger partial charge in [-0.2, -0.15) is 0 Å². The predicted molar refractivity (Wildman–Crippen MR) is 66.4 cm³/mol. The highest BCUT2D eigenvalue weighted by Gasteiger charge is 2.38. The van der Waals surface area contributed by atoms with E-state index in [0.717, 1.165) is 5.56 Å². The van der Waals surface area contributed by atoms with Crippen molar-refractivity contribution in [1.29, 1.82) is 0 Å². The summed E-state index contributed by atoms with van der Waals surface area (Å²) in [5.41, 5.74) is 1.12. The van der Waals surface area contributed by atoms with E-state index in [1.807, 2.05) is 42.3 Å². The third-order valence-electron chi connectivity index (χ3n) is 3.13. The first-order valence-electron chi connectivity index (χ1n) is 5.60. The SMILES string of the molecule is CN(Cc1ccccc1)[C@H]1CS(=O)(=O)C[C@@H]1O. The van der Waals surface area contributed by atoms with Gasteiger partial charge in [0.15, 0.2) is 9.84 Å². The van der Waals surface area contributed by atoms with Gasteiger partial charge in [-0.1, -0.05) is 30.3 Å². The average molecular weight is 255 g/mol. The molecule has 0 radical (unpaired) electrons. The number of rotatable bonds is 3. The molecule has 5 heteroatoms. The third kappa shape index (κ3) is 3.06. The van der Waals surface area contributed by atoms with E-state index in [-0.39, 0.29) is 17.5 Å². The average Bonchev–Trinajstić information content (AvgIpc) is 2.54. The van der Waals surface area contributed by atoms with E-state index in [4.69, 9.17) is 0 Å². The Labute approximate surface area is 102 Å². The summed E-state index contributed by atoms with van der Waals surface area (Å²) < 4.78 is 22.8. The van der Waals surface area contributed by atoms with Crippen LogP contribution in [0, 0.1) is 0 Å². The molecule has 1 aromatic rings. The number of aliphatic hydroxyl groups is 1. The van der Waals surface area contributed by atoms with Crippen molar-refractivity contribution < 1.29 is 13.5 Å².